The van der Waals surface area contributed by atoms with Gasteiger partial charge in [-0.05, 0) is 24.6 Å². The highest BCUT2D eigenvalue weighted by molar-refractivity contribution is 6.38. The zero-order valence-electron chi connectivity index (χ0n) is 14.3. The first-order valence-electron chi connectivity index (χ1n) is 7.93. The Hall–Kier alpha value is -3.82. The van der Waals surface area contributed by atoms with Gasteiger partial charge in [0.05, 0.1) is 18.7 Å². The van der Waals surface area contributed by atoms with Crippen molar-refractivity contribution in [2.75, 3.05) is 0 Å². The number of aromatic nitrogens is 4. The lowest BCUT2D eigenvalue weighted by Crippen LogP contribution is -2.47. The molecule has 27 heavy (non-hydrogen) atoms. The fourth-order valence-corrected chi connectivity index (χ4v) is 2.57. The summed E-state index contributed by atoms with van der Waals surface area (Å²) in [5.74, 6) is -1.68. The molecule has 0 aliphatic heterocycles. The highest BCUT2D eigenvalue weighted by Gasteiger charge is 2.28. The second-order valence-electron chi connectivity index (χ2n) is 5.68. The number of carbonyl (C=O) groups is 3. The van der Waals surface area contributed by atoms with Crippen molar-refractivity contribution in [1.82, 2.24) is 24.8 Å². The first-order chi connectivity index (χ1) is 13.0. The second-order valence-corrected chi connectivity index (χ2v) is 5.68. The summed E-state index contributed by atoms with van der Waals surface area (Å²) in [6.45, 7) is 1.70. The Labute approximate surface area is 153 Å². The summed E-state index contributed by atoms with van der Waals surface area (Å²) >= 11 is 0. The number of nitrogens with one attached hydrogen (secondary N) is 1. The molecule has 1 unspecified atom stereocenters. The molecule has 0 aromatic carbocycles. The largest absolute Gasteiger partial charge is 0.472 e. The van der Waals surface area contributed by atoms with Crippen molar-refractivity contribution in [3.63, 3.8) is 0 Å². The lowest BCUT2D eigenvalue weighted by molar-refractivity contribution is -0.137. The van der Waals surface area contributed by atoms with Gasteiger partial charge in [-0.3, -0.25) is 19.0 Å². The molecular weight excluding hydrogens is 352 g/mol. The van der Waals surface area contributed by atoms with Gasteiger partial charge in [0.1, 0.15) is 29.7 Å². The van der Waals surface area contributed by atoms with Gasteiger partial charge in [-0.2, -0.15) is 0 Å². The Morgan fingerprint density at radius 2 is 2.11 bits per heavy atom. The van der Waals surface area contributed by atoms with Gasteiger partial charge in [0.25, 0.3) is 11.8 Å². The number of imidazole rings is 1. The molecule has 1 atom stereocenters. The van der Waals surface area contributed by atoms with Gasteiger partial charge in [0.15, 0.2) is 0 Å². The third-order valence-electron chi connectivity index (χ3n) is 3.85. The Balaban J connectivity index is 1.88. The molecule has 3 N–H and O–H groups in total. The molecule has 3 aromatic rings. The van der Waals surface area contributed by atoms with Crippen LogP contribution >= 0.6 is 0 Å². The van der Waals surface area contributed by atoms with Crippen molar-refractivity contribution in [3.8, 4) is 5.82 Å². The molecule has 0 saturated heterocycles. The molecule has 10 nitrogen and oxygen atoms in total. The average molecular weight is 368 g/mol. The number of nitrogens with zero attached hydrogens (tertiary/aromatic N) is 4. The maximum absolute atomic E-state index is 12.8. The summed E-state index contributed by atoms with van der Waals surface area (Å²) in [5.41, 5.74) is 5.90. The molecule has 3 heterocycles. The SMILES string of the molecule is Cc1ncc(C(=O)NC(Cc2ccoc2)C(=O)C(N)=O)n1-c1ccncn1. The summed E-state index contributed by atoms with van der Waals surface area (Å²) in [6, 6.07) is 2.10. The molecular formula is C17H16N6O4. The number of amides is 2. The van der Waals surface area contributed by atoms with Crippen LogP contribution in [-0.2, 0) is 16.0 Å². The molecule has 2 amide bonds. The summed E-state index contributed by atoms with van der Waals surface area (Å²) in [5, 5.41) is 2.54. The zero-order chi connectivity index (χ0) is 19.4. The van der Waals surface area contributed by atoms with E-state index in [1.807, 2.05) is 0 Å². The summed E-state index contributed by atoms with van der Waals surface area (Å²) in [4.78, 5) is 48.3. The third kappa shape index (κ3) is 3.89. The molecule has 0 saturated carbocycles. The molecule has 3 rings (SSSR count). The fraction of sp³-hybridized carbons (Fsp3) is 0.176. The number of carbonyl (C=O) groups excluding carboxylic acids is 3. The number of ketones is 1. The monoisotopic (exact) mass is 368 g/mol. The second kappa shape index (κ2) is 7.60. The first-order valence-corrected chi connectivity index (χ1v) is 7.93. The molecule has 0 fully saturated rings. The van der Waals surface area contributed by atoms with E-state index in [1.165, 1.54) is 35.8 Å². The van der Waals surface area contributed by atoms with E-state index in [0.29, 0.717) is 17.2 Å². The highest BCUT2D eigenvalue weighted by atomic mass is 16.3. The topological polar surface area (TPSA) is 146 Å². The van der Waals surface area contributed by atoms with Crippen molar-refractivity contribution < 1.29 is 18.8 Å². The number of hydrogen-bond acceptors (Lipinski definition) is 7. The van der Waals surface area contributed by atoms with E-state index in [4.69, 9.17) is 10.2 Å². The van der Waals surface area contributed by atoms with Gasteiger partial charge in [0.2, 0.25) is 5.78 Å². The van der Waals surface area contributed by atoms with Crippen molar-refractivity contribution in [2.24, 2.45) is 5.73 Å². The van der Waals surface area contributed by atoms with Gasteiger partial charge in [-0.1, -0.05) is 0 Å². The molecule has 138 valence electrons. The summed E-state index contributed by atoms with van der Waals surface area (Å²) in [6.07, 6.45) is 7.14. The van der Waals surface area contributed by atoms with Gasteiger partial charge in [-0.25, -0.2) is 15.0 Å². The van der Waals surface area contributed by atoms with Crippen LogP contribution < -0.4 is 11.1 Å². The van der Waals surface area contributed by atoms with E-state index in [-0.39, 0.29) is 12.1 Å². The minimum absolute atomic E-state index is 0.0602. The van der Waals surface area contributed by atoms with Crippen molar-refractivity contribution in [2.45, 2.75) is 19.4 Å². The number of rotatable bonds is 7. The number of aryl methyl sites for hydroxylation is 1. The smallest absolute Gasteiger partial charge is 0.287 e. The van der Waals surface area contributed by atoms with E-state index in [1.54, 1.807) is 19.1 Å². The lowest BCUT2D eigenvalue weighted by Gasteiger charge is -2.16. The van der Waals surface area contributed by atoms with Gasteiger partial charge >= 0.3 is 0 Å². The number of primary amides is 1. The van der Waals surface area contributed by atoms with Crippen LogP contribution in [0.1, 0.15) is 21.9 Å². The van der Waals surface area contributed by atoms with Crippen LogP contribution in [0, 0.1) is 6.92 Å². The predicted molar refractivity (Wildman–Crippen MR) is 91.8 cm³/mol. The summed E-state index contributed by atoms with van der Waals surface area (Å²) < 4.78 is 6.47. The number of nitrogens with two attached hydrogens (primary N) is 1. The van der Waals surface area contributed by atoms with Crippen LogP contribution in [0.4, 0.5) is 0 Å². The maximum Gasteiger partial charge on any atom is 0.287 e. The average Bonchev–Trinajstić information content (AvgIpc) is 3.30. The number of Topliss-reactive ketones (excluding diaryl/α,β-unsaturated/α-hetero) is 1. The van der Waals surface area contributed by atoms with Crippen molar-refractivity contribution >= 4 is 17.6 Å². The molecule has 10 heteroatoms. The normalized spacial score (nSPS) is 11.7. The minimum atomic E-state index is -1.14. The molecule has 0 aliphatic rings. The van der Waals surface area contributed by atoms with Crippen LogP contribution in [0.2, 0.25) is 0 Å². The molecule has 3 aromatic heterocycles. The molecule has 0 radical (unpaired) electrons. The van der Waals surface area contributed by atoms with Gasteiger partial charge in [0, 0.05) is 12.6 Å². The lowest BCUT2D eigenvalue weighted by atomic mass is 10.0. The van der Waals surface area contributed by atoms with Crippen LogP contribution in [-0.4, -0.2) is 43.2 Å². The zero-order valence-corrected chi connectivity index (χ0v) is 14.3. The molecule has 0 bridgehead atoms. The quantitative estimate of drug-likeness (QED) is 0.556. The van der Waals surface area contributed by atoms with Crippen LogP contribution in [0.15, 0.2) is 47.8 Å². The van der Waals surface area contributed by atoms with Crippen molar-refractivity contribution in [1.29, 1.82) is 0 Å². The fourth-order valence-electron chi connectivity index (χ4n) is 2.57. The van der Waals surface area contributed by atoms with E-state index in [9.17, 15) is 14.4 Å². The maximum atomic E-state index is 12.8. The van der Waals surface area contributed by atoms with E-state index < -0.39 is 23.6 Å². The minimum Gasteiger partial charge on any atom is -0.472 e. The van der Waals surface area contributed by atoms with E-state index in [2.05, 4.69) is 20.3 Å². The van der Waals surface area contributed by atoms with Gasteiger partial charge < -0.3 is 15.5 Å². The Morgan fingerprint density at radius 1 is 1.30 bits per heavy atom. The number of furan rings is 1. The third-order valence-corrected chi connectivity index (χ3v) is 3.85. The van der Waals surface area contributed by atoms with E-state index in [0.717, 1.165) is 0 Å². The Bertz CT molecular complexity index is 965. The summed E-state index contributed by atoms with van der Waals surface area (Å²) in [7, 11) is 0. The van der Waals surface area contributed by atoms with Crippen LogP contribution in [0.3, 0.4) is 0 Å². The predicted octanol–water partition coefficient (Wildman–Crippen LogP) is -0.0408. The first kappa shape index (κ1) is 18.0. The van der Waals surface area contributed by atoms with Gasteiger partial charge in [-0.15, -0.1) is 0 Å². The standard InChI is InChI=1S/C17H16N6O4/c1-10-20-7-13(23(10)14-2-4-19-9-21-14)17(26)22-12(15(24)16(18)25)6-11-3-5-27-8-11/h2-5,7-9,12H,6H2,1H3,(H2,18,25)(H,22,26). The Morgan fingerprint density at radius 3 is 2.74 bits per heavy atom. The number of hydrogen-bond donors (Lipinski definition) is 2. The highest BCUT2D eigenvalue weighted by Crippen LogP contribution is 2.13. The Kier molecular flexibility index (Phi) is 5.06. The van der Waals surface area contributed by atoms with Crippen LogP contribution in [0.5, 0.6) is 0 Å². The van der Waals surface area contributed by atoms with Crippen molar-refractivity contribution in [3.05, 3.63) is 60.5 Å². The van der Waals surface area contributed by atoms with Crippen LogP contribution in [0.25, 0.3) is 5.82 Å². The van der Waals surface area contributed by atoms with E-state index >= 15 is 0 Å². The molecule has 0 spiro atoms. The molecule has 0 aliphatic carbocycles.